The second-order valence-electron chi connectivity index (χ2n) is 7.67. The van der Waals surface area contributed by atoms with Gasteiger partial charge in [0.2, 0.25) is 0 Å². The van der Waals surface area contributed by atoms with E-state index in [-0.39, 0.29) is 32.5 Å². The fraction of sp³-hybridized carbons (Fsp3) is 0.474. The molecular weight excluding hydrogens is 439 g/mol. The molecule has 0 atom stereocenters. The number of rotatable bonds is 4. The van der Waals surface area contributed by atoms with E-state index in [0.29, 0.717) is 23.7 Å². The fourth-order valence-corrected chi connectivity index (χ4v) is 3.94. The predicted octanol–water partition coefficient (Wildman–Crippen LogP) is 6.52. The van der Waals surface area contributed by atoms with Gasteiger partial charge in [0.05, 0.1) is 22.0 Å². The lowest BCUT2D eigenvalue weighted by Crippen LogP contribution is -2.25. The van der Waals surface area contributed by atoms with E-state index in [9.17, 15) is 13.2 Å². The molecule has 3 nitrogen and oxygen atoms in total. The fourth-order valence-electron chi connectivity index (χ4n) is 3.06. The predicted molar refractivity (Wildman–Crippen MR) is 107 cm³/mol. The van der Waals surface area contributed by atoms with E-state index in [1.54, 1.807) is 12.3 Å². The van der Waals surface area contributed by atoms with Crippen molar-refractivity contribution in [1.29, 1.82) is 5.26 Å². The molecule has 1 aliphatic rings. The van der Waals surface area contributed by atoms with E-state index >= 15 is 0 Å². The molecule has 0 spiro atoms. The average molecular weight is 458 g/mol. The number of hydrogen-bond donors (Lipinski definition) is 0. The van der Waals surface area contributed by atoms with Crippen LogP contribution in [-0.4, -0.2) is 21.5 Å². The van der Waals surface area contributed by atoms with Crippen molar-refractivity contribution in [2.45, 2.75) is 50.8 Å². The van der Waals surface area contributed by atoms with Crippen LogP contribution in [0.2, 0.25) is 0 Å². The van der Waals surface area contributed by atoms with Crippen LogP contribution in [0.3, 0.4) is 0 Å². The van der Waals surface area contributed by atoms with Crippen LogP contribution in [0.25, 0.3) is 10.9 Å². The van der Waals surface area contributed by atoms with Crippen molar-refractivity contribution in [3.8, 4) is 6.07 Å². The summed E-state index contributed by atoms with van der Waals surface area (Å²) in [5.74, 6) is -0.540. The van der Waals surface area contributed by atoms with Crippen LogP contribution in [0.5, 0.6) is 0 Å². The minimum atomic E-state index is -2.78. The molecule has 1 saturated carbocycles. The zero-order valence-electron chi connectivity index (χ0n) is 15.1. The van der Waals surface area contributed by atoms with Crippen LogP contribution >= 0.6 is 27.9 Å². The number of alkyl halides is 2. The number of halogens is 4. The van der Waals surface area contributed by atoms with E-state index in [0.717, 1.165) is 11.9 Å². The first-order valence-electron chi connectivity index (χ1n) is 8.54. The Bertz CT molecular complexity index is 934. The van der Waals surface area contributed by atoms with Crippen molar-refractivity contribution in [3.63, 3.8) is 0 Å². The average Bonchev–Trinajstić information content (AvgIpc) is 2.84. The highest BCUT2D eigenvalue weighted by Gasteiger charge is 2.33. The van der Waals surface area contributed by atoms with Gasteiger partial charge in [-0.05, 0) is 73.6 Å². The molecule has 1 aromatic carbocycles. The molecule has 0 N–H and O–H groups in total. The van der Waals surface area contributed by atoms with Crippen molar-refractivity contribution in [3.05, 3.63) is 34.2 Å². The van der Waals surface area contributed by atoms with Gasteiger partial charge >= 0.3 is 0 Å². The number of aromatic nitrogens is 1. The van der Waals surface area contributed by atoms with Crippen molar-refractivity contribution in [2.24, 2.45) is 10.3 Å². The SMILES string of the molecule is CC(C)(C)S/N=C(\c1cn(C2CC(C#N)C2)c2cc(Br)c(F)cc12)C(F)F. The molecule has 0 radical (unpaired) electrons. The molecule has 1 aromatic heterocycles. The van der Waals surface area contributed by atoms with Gasteiger partial charge in [-0.25, -0.2) is 17.6 Å². The van der Waals surface area contributed by atoms with Crippen molar-refractivity contribution in [2.75, 3.05) is 0 Å². The van der Waals surface area contributed by atoms with Crippen LogP contribution < -0.4 is 0 Å². The summed E-state index contributed by atoms with van der Waals surface area (Å²) in [6, 6.07) is 5.14. The molecule has 0 unspecified atom stereocenters. The van der Waals surface area contributed by atoms with Crippen LogP contribution in [0.1, 0.15) is 45.2 Å². The lowest BCUT2D eigenvalue weighted by atomic mass is 9.81. The van der Waals surface area contributed by atoms with Gasteiger partial charge in [0, 0.05) is 27.9 Å². The molecule has 0 saturated heterocycles. The van der Waals surface area contributed by atoms with Gasteiger partial charge in [0.25, 0.3) is 6.43 Å². The third-order valence-corrected chi connectivity index (χ3v) is 5.91. The monoisotopic (exact) mass is 457 g/mol. The highest BCUT2D eigenvalue weighted by Crippen LogP contribution is 2.41. The third kappa shape index (κ3) is 4.19. The van der Waals surface area contributed by atoms with Crippen molar-refractivity contribution < 1.29 is 13.2 Å². The van der Waals surface area contributed by atoms with Gasteiger partial charge < -0.3 is 4.57 Å². The maximum atomic E-state index is 14.2. The Morgan fingerprint density at radius 2 is 2.04 bits per heavy atom. The van der Waals surface area contributed by atoms with E-state index in [1.165, 1.54) is 6.07 Å². The third-order valence-electron chi connectivity index (χ3n) is 4.46. The lowest BCUT2D eigenvalue weighted by molar-refractivity contribution is 0.226. The molecule has 3 rings (SSSR count). The zero-order valence-corrected chi connectivity index (χ0v) is 17.5. The molecule has 0 bridgehead atoms. The van der Waals surface area contributed by atoms with E-state index in [2.05, 4.69) is 26.4 Å². The van der Waals surface area contributed by atoms with Crippen LogP contribution in [0.15, 0.2) is 27.2 Å². The first-order valence-corrected chi connectivity index (χ1v) is 10.1. The summed E-state index contributed by atoms with van der Waals surface area (Å²) >= 11 is 4.25. The van der Waals surface area contributed by atoms with Gasteiger partial charge in [0.1, 0.15) is 11.5 Å². The largest absolute Gasteiger partial charge is 0.344 e. The molecule has 27 heavy (non-hydrogen) atoms. The Labute approximate surface area is 168 Å². The molecular formula is C19H19BrF3N3S. The minimum absolute atomic E-state index is 0.0283. The summed E-state index contributed by atoms with van der Waals surface area (Å²) in [6.45, 7) is 5.67. The van der Waals surface area contributed by atoms with Crippen LogP contribution in [-0.2, 0) is 0 Å². The molecule has 8 heteroatoms. The number of fused-ring (bicyclic) bond motifs is 1. The van der Waals surface area contributed by atoms with Gasteiger partial charge in [0.15, 0.2) is 0 Å². The van der Waals surface area contributed by atoms with E-state index in [4.69, 9.17) is 5.26 Å². The van der Waals surface area contributed by atoms with Crippen molar-refractivity contribution in [1.82, 2.24) is 4.57 Å². The van der Waals surface area contributed by atoms with E-state index in [1.807, 2.05) is 25.3 Å². The standard InChI is InChI=1S/C19H19BrF3N3S/c1-19(2,3)27-25-17(18(22)23)13-9-26(11-4-10(5-11)8-24)16-7-14(20)15(21)6-12(13)16/h6-7,9-11,18H,4-5H2,1-3H3/b25-17+. The summed E-state index contributed by atoms with van der Waals surface area (Å²) < 4.78 is 47.7. The Morgan fingerprint density at radius 1 is 1.37 bits per heavy atom. The first kappa shape index (κ1) is 20.3. The lowest BCUT2D eigenvalue weighted by Gasteiger charge is -2.32. The molecule has 0 aliphatic heterocycles. The number of hydrogen-bond acceptors (Lipinski definition) is 3. The van der Waals surface area contributed by atoms with Gasteiger partial charge in [-0.15, -0.1) is 0 Å². The topological polar surface area (TPSA) is 41.1 Å². The second kappa shape index (κ2) is 7.51. The summed E-state index contributed by atoms with van der Waals surface area (Å²) in [5.41, 5.74) is 0.550. The Balaban J connectivity index is 2.14. The summed E-state index contributed by atoms with van der Waals surface area (Å²) in [5, 5.41) is 9.43. The Hall–Kier alpha value is -1.46. The van der Waals surface area contributed by atoms with Crippen LogP contribution in [0.4, 0.5) is 13.2 Å². The summed E-state index contributed by atoms with van der Waals surface area (Å²) in [7, 11) is 0. The molecule has 1 fully saturated rings. The quantitative estimate of drug-likeness (QED) is 0.387. The maximum absolute atomic E-state index is 14.2. The normalized spacial score (nSPS) is 20.8. The summed E-state index contributed by atoms with van der Waals surface area (Å²) in [4.78, 5) is 0. The number of nitriles is 1. The summed E-state index contributed by atoms with van der Waals surface area (Å²) in [6.07, 6.45) is 0.168. The Kier molecular flexibility index (Phi) is 5.64. The maximum Gasteiger partial charge on any atom is 0.281 e. The second-order valence-corrected chi connectivity index (χ2v) is 10.1. The van der Waals surface area contributed by atoms with Crippen molar-refractivity contribution >= 4 is 44.5 Å². The molecule has 1 aliphatic carbocycles. The first-order chi connectivity index (χ1) is 12.6. The zero-order chi connectivity index (χ0) is 19.9. The van der Waals surface area contributed by atoms with Gasteiger partial charge in [-0.3, -0.25) is 0 Å². The molecule has 2 aromatic rings. The molecule has 0 amide bonds. The highest BCUT2D eigenvalue weighted by molar-refractivity contribution is 9.10. The highest BCUT2D eigenvalue weighted by atomic mass is 79.9. The number of nitrogens with zero attached hydrogens (tertiary/aromatic N) is 3. The Morgan fingerprint density at radius 3 is 2.59 bits per heavy atom. The molecule has 1 heterocycles. The smallest absolute Gasteiger partial charge is 0.281 e. The van der Waals surface area contributed by atoms with Gasteiger partial charge in [-0.2, -0.15) is 5.26 Å². The van der Waals surface area contributed by atoms with E-state index < -0.39 is 12.2 Å². The van der Waals surface area contributed by atoms with Gasteiger partial charge in [-0.1, -0.05) is 0 Å². The number of benzene rings is 1. The van der Waals surface area contributed by atoms with Crippen LogP contribution in [0, 0.1) is 23.1 Å². The minimum Gasteiger partial charge on any atom is -0.344 e. The molecule has 144 valence electrons.